The molecule has 2 heteroatoms. The summed E-state index contributed by atoms with van der Waals surface area (Å²) in [4.78, 5) is 0. The molecule has 0 fully saturated rings. The van der Waals surface area contributed by atoms with Crippen LogP contribution in [0.25, 0.3) is 0 Å². The molecule has 0 aliphatic heterocycles. The van der Waals surface area contributed by atoms with Gasteiger partial charge in [-0.3, -0.25) is 0 Å². The Kier molecular flexibility index (Phi) is 6.21. The number of aliphatic hydroxyl groups excluding tert-OH is 1. The first-order valence-electron chi connectivity index (χ1n) is 6.38. The highest BCUT2D eigenvalue weighted by Crippen LogP contribution is 2.24. The maximum absolute atomic E-state index is 9.52. The standard InChI is InChI=1S/C15H23BrO/c1-11(2)8-12(3)14(10-17)9-13-4-6-15(16)7-5-13/h4-7,11-12,14,17H,8-10H2,1-3H3. The predicted octanol–water partition coefficient (Wildman–Crippen LogP) is 4.28. The smallest absolute Gasteiger partial charge is 0.0465 e. The van der Waals surface area contributed by atoms with Crippen LogP contribution in [0.4, 0.5) is 0 Å². The summed E-state index contributed by atoms with van der Waals surface area (Å²) in [6, 6.07) is 8.40. The van der Waals surface area contributed by atoms with Crippen molar-refractivity contribution in [3.63, 3.8) is 0 Å². The van der Waals surface area contributed by atoms with Gasteiger partial charge in [-0.2, -0.15) is 0 Å². The highest BCUT2D eigenvalue weighted by atomic mass is 79.9. The molecule has 1 nitrogen and oxygen atoms in total. The Balaban J connectivity index is 2.59. The van der Waals surface area contributed by atoms with Gasteiger partial charge < -0.3 is 5.11 Å². The van der Waals surface area contributed by atoms with Gasteiger partial charge >= 0.3 is 0 Å². The highest BCUT2D eigenvalue weighted by Gasteiger charge is 2.17. The second-order valence-electron chi connectivity index (χ2n) is 5.38. The fraction of sp³-hybridized carbons (Fsp3) is 0.600. The second kappa shape index (κ2) is 7.17. The summed E-state index contributed by atoms with van der Waals surface area (Å²) in [6.45, 7) is 7.01. The van der Waals surface area contributed by atoms with Crippen LogP contribution in [-0.2, 0) is 6.42 Å². The maximum Gasteiger partial charge on any atom is 0.0465 e. The molecule has 0 saturated heterocycles. The van der Waals surface area contributed by atoms with Gasteiger partial charge in [0.15, 0.2) is 0 Å². The summed E-state index contributed by atoms with van der Waals surface area (Å²) < 4.78 is 1.11. The number of halogens is 1. The zero-order valence-corrected chi connectivity index (χ0v) is 12.6. The minimum atomic E-state index is 0.282. The van der Waals surface area contributed by atoms with E-state index in [-0.39, 0.29) is 6.61 Å². The topological polar surface area (TPSA) is 20.2 Å². The van der Waals surface area contributed by atoms with Crippen LogP contribution in [0, 0.1) is 17.8 Å². The monoisotopic (exact) mass is 298 g/mol. The third-order valence-electron chi connectivity index (χ3n) is 3.29. The number of hydrogen-bond acceptors (Lipinski definition) is 1. The van der Waals surface area contributed by atoms with Crippen LogP contribution in [0.3, 0.4) is 0 Å². The van der Waals surface area contributed by atoms with Crippen molar-refractivity contribution in [1.82, 2.24) is 0 Å². The molecule has 2 unspecified atom stereocenters. The van der Waals surface area contributed by atoms with Crippen molar-refractivity contribution in [2.45, 2.75) is 33.6 Å². The lowest BCUT2D eigenvalue weighted by Gasteiger charge is -2.23. The minimum Gasteiger partial charge on any atom is -0.396 e. The first kappa shape index (κ1) is 14.7. The summed E-state index contributed by atoms with van der Waals surface area (Å²) in [6.07, 6.45) is 2.15. The van der Waals surface area contributed by atoms with E-state index in [9.17, 15) is 5.11 Å². The highest BCUT2D eigenvalue weighted by molar-refractivity contribution is 9.10. The van der Waals surface area contributed by atoms with Gasteiger partial charge in [-0.25, -0.2) is 0 Å². The Morgan fingerprint density at radius 2 is 1.71 bits per heavy atom. The molecule has 96 valence electrons. The molecule has 0 spiro atoms. The van der Waals surface area contributed by atoms with Crippen LogP contribution in [-0.4, -0.2) is 11.7 Å². The van der Waals surface area contributed by atoms with Crippen LogP contribution in [0.5, 0.6) is 0 Å². The average molecular weight is 299 g/mol. The lowest BCUT2D eigenvalue weighted by atomic mass is 9.83. The van der Waals surface area contributed by atoms with E-state index in [1.807, 2.05) is 0 Å². The first-order valence-corrected chi connectivity index (χ1v) is 7.17. The number of rotatable bonds is 6. The van der Waals surface area contributed by atoms with Crippen LogP contribution in [0.15, 0.2) is 28.7 Å². The molecule has 17 heavy (non-hydrogen) atoms. The zero-order chi connectivity index (χ0) is 12.8. The van der Waals surface area contributed by atoms with E-state index in [2.05, 4.69) is 61.0 Å². The van der Waals surface area contributed by atoms with Gasteiger partial charge in [0.05, 0.1) is 0 Å². The van der Waals surface area contributed by atoms with Crippen molar-refractivity contribution < 1.29 is 5.11 Å². The second-order valence-corrected chi connectivity index (χ2v) is 6.30. The molecule has 1 N–H and O–H groups in total. The molecule has 0 saturated carbocycles. The maximum atomic E-state index is 9.52. The van der Waals surface area contributed by atoms with Gasteiger partial charge in [-0.15, -0.1) is 0 Å². The Morgan fingerprint density at radius 1 is 1.12 bits per heavy atom. The normalized spacial score (nSPS) is 14.9. The summed E-state index contributed by atoms with van der Waals surface area (Å²) in [5, 5.41) is 9.52. The van der Waals surface area contributed by atoms with E-state index < -0.39 is 0 Å². The number of hydrogen-bond donors (Lipinski definition) is 1. The average Bonchev–Trinajstić information content (AvgIpc) is 2.27. The largest absolute Gasteiger partial charge is 0.396 e. The molecule has 0 aliphatic rings. The van der Waals surface area contributed by atoms with E-state index in [0.29, 0.717) is 17.8 Å². The SMILES string of the molecule is CC(C)CC(C)C(CO)Cc1ccc(Br)cc1. The van der Waals surface area contributed by atoms with Crippen molar-refractivity contribution in [2.24, 2.45) is 17.8 Å². The van der Waals surface area contributed by atoms with E-state index >= 15 is 0 Å². The number of benzene rings is 1. The van der Waals surface area contributed by atoms with Crippen LogP contribution < -0.4 is 0 Å². The van der Waals surface area contributed by atoms with E-state index in [0.717, 1.165) is 10.9 Å². The van der Waals surface area contributed by atoms with Gasteiger partial charge in [0.25, 0.3) is 0 Å². The molecule has 0 heterocycles. The van der Waals surface area contributed by atoms with Crippen molar-refractivity contribution in [1.29, 1.82) is 0 Å². The fourth-order valence-corrected chi connectivity index (χ4v) is 2.57. The minimum absolute atomic E-state index is 0.282. The molecule has 0 radical (unpaired) electrons. The van der Waals surface area contributed by atoms with Gasteiger partial charge in [0.2, 0.25) is 0 Å². The Bertz CT molecular complexity index is 318. The van der Waals surface area contributed by atoms with E-state index in [1.54, 1.807) is 0 Å². The van der Waals surface area contributed by atoms with Crippen LogP contribution in [0.1, 0.15) is 32.8 Å². The summed E-state index contributed by atoms with van der Waals surface area (Å²) in [7, 11) is 0. The molecular weight excluding hydrogens is 276 g/mol. The number of aliphatic hydroxyl groups is 1. The Morgan fingerprint density at radius 3 is 2.18 bits per heavy atom. The van der Waals surface area contributed by atoms with Gasteiger partial charge in [0, 0.05) is 11.1 Å². The molecule has 0 bridgehead atoms. The Hall–Kier alpha value is -0.340. The third-order valence-corrected chi connectivity index (χ3v) is 3.82. The Labute approximate surface area is 113 Å². The summed E-state index contributed by atoms with van der Waals surface area (Å²) in [5.74, 6) is 1.64. The summed E-state index contributed by atoms with van der Waals surface area (Å²) in [5.41, 5.74) is 1.31. The van der Waals surface area contributed by atoms with Crippen LogP contribution in [0.2, 0.25) is 0 Å². The molecule has 2 atom stereocenters. The predicted molar refractivity (Wildman–Crippen MR) is 77.0 cm³/mol. The molecule has 1 aromatic carbocycles. The van der Waals surface area contributed by atoms with Crippen molar-refractivity contribution in [3.05, 3.63) is 34.3 Å². The third kappa shape index (κ3) is 5.22. The molecule has 0 aliphatic carbocycles. The van der Waals surface area contributed by atoms with E-state index in [4.69, 9.17) is 0 Å². The van der Waals surface area contributed by atoms with Crippen molar-refractivity contribution in [3.8, 4) is 0 Å². The van der Waals surface area contributed by atoms with Crippen molar-refractivity contribution >= 4 is 15.9 Å². The lowest BCUT2D eigenvalue weighted by Crippen LogP contribution is -2.20. The van der Waals surface area contributed by atoms with Crippen LogP contribution >= 0.6 is 15.9 Å². The van der Waals surface area contributed by atoms with E-state index in [1.165, 1.54) is 12.0 Å². The lowest BCUT2D eigenvalue weighted by molar-refractivity contribution is 0.168. The quantitative estimate of drug-likeness (QED) is 0.831. The van der Waals surface area contributed by atoms with Crippen molar-refractivity contribution in [2.75, 3.05) is 6.61 Å². The van der Waals surface area contributed by atoms with Gasteiger partial charge in [0.1, 0.15) is 0 Å². The molecule has 0 amide bonds. The van der Waals surface area contributed by atoms with Gasteiger partial charge in [-0.1, -0.05) is 48.8 Å². The summed E-state index contributed by atoms with van der Waals surface area (Å²) >= 11 is 3.44. The fourth-order valence-electron chi connectivity index (χ4n) is 2.30. The zero-order valence-electron chi connectivity index (χ0n) is 11.0. The molecule has 0 aromatic heterocycles. The van der Waals surface area contributed by atoms with Gasteiger partial charge in [-0.05, 0) is 48.3 Å². The molecule has 1 aromatic rings. The molecular formula is C15H23BrO. The first-order chi connectivity index (χ1) is 8.02. The molecule has 1 rings (SSSR count).